The molecule has 0 heterocycles. The van der Waals surface area contributed by atoms with E-state index < -0.39 is 18.0 Å². The van der Waals surface area contributed by atoms with Crippen molar-refractivity contribution in [2.45, 2.75) is 19.5 Å². The predicted molar refractivity (Wildman–Crippen MR) is 103 cm³/mol. The molecule has 2 rings (SSSR count). The number of urea groups is 1. The third kappa shape index (κ3) is 4.98. The summed E-state index contributed by atoms with van der Waals surface area (Å²) in [7, 11) is 4.98. The number of primary amides is 1. The first-order valence-corrected chi connectivity index (χ1v) is 8.44. The summed E-state index contributed by atoms with van der Waals surface area (Å²) in [6.07, 6.45) is 0. The molecular formula is C20H25N3O4. The summed E-state index contributed by atoms with van der Waals surface area (Å²) in [4.78, 5) is 25.6. The highest BCUT2D eigenvalue weighted by Gasteiger charge is 2.26. The molecule has 2 aromatic carbocycles. The van der Waals surface area contributed by atoms with Gasteiger partial charge in [-0.05, 0) is 42.8 Å². The van der Waals surface area contributed by atoms with Gasteiger partial charge in [0.2, 0.25) is 5.91 Å². The van der Waals surface area contributed by atoms with E-state index in [4.69, 9.17) is 15.2 Å². The average molecular weight is 371 g/mol. The van der Waals surface area contributed by atoms with Gasteiger partial charge >= 0.3 is 6.03 Å². The first-order chi connectivity index (χ1) is 12.9. The molecule has 144 valence electrons. The maximum absolute atomic E-state index is 12.6. The number of methoxy groups -OCH3 is 2. The number of nitrogens with zero attached hydrogens (tertiary/aromatic N) is 1. The molecule has 2 aromatic rings. The number of aryl methyl sites for hydroxylation is 1. The fourth-order valence-corrected chi connectivity index (χ4v) is 2.98. The van der Waals surface area contributed by atoms with Crippen LogP contribution in [0.3, 0.4) is 0 Å². The molecule has 0 saturated carbocycles. The predicted octanol–water partition coefficient (Wildman–Crippen LogP) is 2.38. The molecule has 0 spiro atoms. The molecule has 0 aliphatic heterocycles. The lowest BCUT2D eigenvalue weighted by Crippen LogP contribution is -2.43. The third-order valence-corrected chi connectivity index (χ3v) is 4.31. The summed E-state index contributed by atoms with van der Waals surface area (Å²) < 4.78 is 10.7. The highest BCUT2D eigenvalue weighted by Crippen LogP contribution is 2.32. The Morgan fingerprint density at radius 1 is 1.11 bits per heavy atom. The van der Waals surface area contributed by atoms with Crippen molar-refractivity contribution in [1.82, 2.24) is 10.2 Å². The molecular weight excluding hydrogens is 346 g/mol. The van der Waals surface area contributed by atoms with Gasteiger partial charge in [-0.25, -0.2) is 4.79 Å². The molecule has 0 aromatic heterocycles. The molecule has 0 bridgehead atoms. The number of amides is 3. The molecule has 0 saturated heterocycles. The first kappa shape index (κ1) is 20.3. The zero-order valence-corrected chi connectivity index (χ0v) is 16.0. The minimum absolute atomic E-state index is 0.456. The largest absolute Gasteiger partial charge is 0.493 e. The smallest absolute Gasteiger partial charge is 0.318 e. The van der Waals surface area contributed by atoms with E-state index in [0.717, 1.165) is 16.7 Å². The van der Waals surface area contributed by atoms with E-state index in [9.17, 15) is 9.59 Å². The van der Waals surface area contributed by atoms with Crippen LogP contribution in [-0.4, -0.2) is 38.1 Å². The van der Waals surface area contributed by atoms with Crippen LogP contribution in [0.5, 0.6) is 11.5 Å². The lowest BCUT2D eigenvalue weighted by atomic mass is 10.0. The van der Waals surface area contributed by atoms with Crippen LogP contribution in [0, 0.1) is 6.92 Å². The summed E-state index contributed by atoms with van der Waals surface area (Å²) in [5, 5.41) is 2.18. The minimum Gasteiger partial charge on any atom is -0.493 e. The van der Waals surface area contributed by atoms with Gasteiger partial charge in [0, 0.05) is 6.54 Å². The number of benzene rings is 2. The van der Waals surface area contributed by atoms with E-state index >= 15 is 0 Å². The Morgan fingerprint density at radius 2 is 1.70 bits per heavy atom. The Hall–Kier alpha value is -3.06. The number of ether oxygens (including phenoxy) is 2. The molecule has 27 heavy (non-hydrogen) atoms. The highest BCUT2D eigenvalue weighted by molar-refractivity contribution is 5.96. The van der Waals surface area contributed by atoms with Crippen LogP contribution in [0.25, 0.3) is 0 Å². The van der Waals surface area contributed by atoms with E-state index in [2.05, 4.69) is 5.32 Å². The van der Waals surface area contributed by atoms with Crippen LogP contribution < -0.4 is 20.5 Å². The van der Waals surface area contributed by atoms with E-state index in [1.807, 2.05) is 61.3 Å². The van der Waals surface area contributed by atoms with Gasteiger partial charge in [0.25, 0.3) is 0 Å². The molecule has 7 nitrogen and oxygen atoms in total. The third-order valence-electron chi connectivity index (χ3n) is 4.31. The van der Waals surface area contributed by atoms with Crippen molar-refractivity contribution in [3.05, 3.63) is 59.2 Å². The maximum atomic E-state index is 12.6. The van der Waals surface area contributed by atoms with Crippen molar-refractivity contribution in [1.29, 1.82) is 0 Å². The molecule has 1 atom stereocenters. The van der Waals surface area contributed by atoms with Crippen molar-refractivity contribution in [2.75, 3.05) is 21.3 Å². The Bertz CT molecular complexity index is 808. The normalized spacial score (nSPS) is 11.7. The van der Waals surface area contributed by atoms with Crippen LogP contribution >= 0.6 is 0 Å². The number of carbonyl (C=O) groups is 2. The summed E-state index contributed by atoms with van der Waals surface area (Å²) in [5.41, 5.74) is 7.87. The van der Waals surface area contributed by atoms with Gasteiger partial charge in [-0.2, -0.15) is 0 Å². The molecule has 0 radical (unpaired) electrons. The molecule has 0 aliphatic carbocycles. The zero-order valence-electron chi connectivity index (χ0n) is 16.0. The second-order valence-electron chi connectivity index (χ2n) is 6.22. The number of nitrogens with one attached hydrogen (secondary N) is 1. The van der Waals surface area contributed by atoms with Crippen LogP contribution in [0.1, 0.15) is 22.7 Å². The first-order valence-electron chi connectivity index (χ1n) is 8.44. The van der Waals surface area contributed by atoms with Crippen LogP contribution in [0.15, 0.2) is 42.5 Å². The molecule has 0 aliphatic rings. The van der Waals surface area contributed by atoms with E-state index in [1.54, 1.807) is 14.2 Å². The summed E-state index contributed by atoms with van der Waals surface area (Å²) in [5.74, 6) is 0.783. The number of likely N-dealkylation sites (N-methyl/N-ethyl adjacent to an activating group) is 1. The van der Waals surface area contributed by atoms with Gasteiger partial charge in [-0.15, -0.1) is 0 Å². The highest BCUT2D eigenvalue weighted by atomic mass is 16.5. The fourth-order valence-electron chi connectivity index (χ4n) is 2.98. The number of carbonyl (C=O) groups excluding carboxylic acids is 2. The van der Waals surface area contributed by atoms with E-state index in [-0.39, 0.29) is 0 Å². The van der Waals surface area contributed by atoms with E-state index in [1.165, 1.54) is 0 Å². The van der Waals surface area contributed by atoms with Crippen LogP contribution in [0.4, 0.5) is 4.79 Å². The van der Waals surface area contributed by atoms with Crippen molar-refractivity contribution in [3.63, 3.8) is 0 Å². The molecule has 7 heteroatoms. The van der Waals surface area contributed by atoms with Gasteiger partial charge in [0.15, 0.2) is 11.5 Å². The van der Waals surface area contributed by atoms with Crippen molar-refractivity contribution in [3.8, 4) is 11.5 Å². The summed E-state index contributed by atoms with van der Waals surface area (Å²) in [6, 6.07) is 11.5. The SMILES string of the molecule is COc1cc(C)c(CN(C)[C@@H](C(=O)NC(N)=O)c2ccccc2)cc1OC. The molecule has 3 amide bonds. The van der Waals surface area contributed by atoms with Gasteiger partial charge in [0.05, 0.1) is 14.2 Å². The van der Waals surface area contributed by atoms with Crippen molar-refractivity contribution >= 4 is 11.9 Å². The maximum Gasteiger partial charge on any atom is 0.318 e. The number of hydrogen-bond donors (Lipinski definition) is 2. The summed E-state index contributed by atoms with van der Waals surface area (Å²) in [6.45, 7) is 2.42. The zero-order chi connectivity index (χ0) is 20.0. The van der Waals surface area contributed by atoms with Gasteiger partial charge in [0.1, 0.15) is 6.04 Å². The number of imide groups is 1. The van der Waals surface area contributed by atoms with Crippen molar-refractivity contribution < 1.29 is 19.1 Å². The lowest BCUT2D eigenvalue weighted by molar-refractivity contribution is -0.125. The van der Waals surface area contributed by atoms with E-state index in [0.29, 0.717) is 18.0 Å². The van der Waals surface area contributed by atoms with Gasteiger partial charge in [-0.3, -0.25) is 15.0 Å². The standard InChI is InChI=1S/C20H25N3O4/c1-13-10-16(26-3)17(27-4)11-15(13)12-23(2)18(19(24)22-20(21)25)14-8-6-5-7-9-14/h5-11,18H,12H2,1-4H3,(H3,21,22,24,25)/t18-/m1/s1. The monoisotopic (exact) mass is 371 g/mol. The number of rotatable bonds is 7. The van der Waals surface area contributed by atoms with Crippen molar-refractivity contribution in [2.24, 2.45) is 5.73 Å². The molecule has 0 fully saturated rings. The minimum atomic E-state index is -0.878. The fraction of sp³-hybridized carbons (Fsp3) is 0.300. The van der Waals surface area contributed by atoms with Gasteiger partial charge < -0.3 is 15.2 Å². The quantitative estimate of drug-likeness (QED) is 0.779. The lowest BCUT2D eigenvalue weighted by Gasteiger charge is -2.28. The Kier molecular flexibility index (Phi) is 6.79. The number of hydrogen-bond acceptors (Lipinski definition) is 5. The topological polar surface area (TPSA) is 93.9 Å². The second-order valence-corrected chi connectivity index (χ2v) is 6.22. The van der Waals surface area contributed by atoms with Gasteiger partial charge in [-0.1, -0.05) is 30.3 Å². The van der Waals surface area contributed by atoms with Crippen LogP contribution in [0.2, 0.25) is 0 Å². The second kappa shape index (κ2) is 9.05. The molecule has 3 N–H and O–H groups in total. The Balaban J connectivity index is 2.35. The Labute approximate surface area is 159 Å². The average Bonchev–Trinajstić information content (AvgIpc) is 2.63. The Morgan fingerprint density at radius 3 is 2.26 bits per heavy atom. The molecule has 0 unspecified atom stereocenters. The van der Waals surface area contributed by atoms with Crippen LogP contribution in [-0.2, 0) is 11.3 Å². The summed E-state index contributed by atoms with van der Waals surface area (Å²) >= 11 is 0. The number of nitrogens with two attached hydrogens (primary N) is 1.